The summed E-state index contributed by atoms with van der Waals surface area (Å²) < 4.78 is 16.0. The molecule has 1 heterocycles. The zero-order valence-electron chi connectivity index (χ0n) is 16.4. The fourth-order valence-electron chi connectivity index (χ4n) is 3.61. The molecule has 6 nitrogen and oxygen atoms in total. The second kappa shape index (κ2) is 10.4. The topological polar surface area (TPSA) is 60.0 Å². The van der Waals surface area contributed by atoms with Crippen LogP contribution in [-0.2, 0) is 4.74 Å². The molecule has 1 atom stereocenters. The fourth-order valence-corrected chi connectivity index (χ4v) is 3.61. The quantitative estimate of drug-likeness (QED) is 0.730. The van der Waals surface area contributed by atoms with Gasteiger partial charge in [-0.3, -0.25) is 9.69 Å². The van der Waals surface area contributed by atoms with E-state index in [0.717, 1.165) is 39.1 Å². The Bertz CT molecular complexity index is 569. The number of hydrogen-bond donors (Lipinski definition) is 1. The number of morpholine rings is 1. The number of benzene rings is 1. The predicted molar refractivity (Wildman–Crippen MR) is 102 cm³/mol. The second-order valence-electron chi connectivity index (χ2n) is 6.57. The van der Waals surface area contributed by atoms with Gasteiger partial charge in [0.15, 0.2) is 11.5 Å². The molecule has 146 valence electrons. The van der Waals surface area contributed by atoms with Crippen molar-refractivity contribution in [2.45, 2.75) is 32.7 Å². The molecule has 0 spiro atoms. The Morgan fingerprint density at radius 3 is 2.38 bits per heavy atom. The summed E-state index contributed by atoms with van der Waals surface area (Å²) in [5, 5.41) is 3.12. The van der Waals surface area contributed by atoms with E-state index in [4.69, 9.17) is 14.2 Å². The number of carbonyl (C=O) groups excluding carboxylic acids is 1. The fraction of sp³-hybridized carbons (Fsp3) is 0.650. The lowest BCUT2D eigenvalue weighted by Crippen LogP contribution is -2.52. The molecule has 6 heteroatoms. The van der Waals surface area contributed by atoms with E-state index < -0.39 is 0 Å². The molecule has 1 aliphatic heterocycles. The van der Waals surface area contributed by atoms with Gasteiger partial charge in [-0.15, -0.1) is 0 Å². The average Bonchev–Trinajstić information content (AvgIpc) is 2.70. The molecule has 0 saturated carbocycles. The molecule has 0 radical (unpaired) electrons. The molecule has 2 rings (SSSR count). The lowest BCUT2D eigenvalue weighted by molar-refractivity contribution is 0.00191. The van der Waals surface area contributed by atoms with Crippen molar-refractivity contribution < 1.29 is 19.0 Å². The van der Waals surface area contributed by atoms with Crippen molar-refractivity contribution in [3.8, 4) is 11.5 Å². The first-order chi connectivity index (χ1) is 12.6. The Kier molecular flexibility index (Phi) is 8.19. The normalized spacial score (nSPS) is 16.3. The average molecular weight is 364 g/mol. The highest BCUT2D eigenvalue weighted by Crippen LogP contribution is 2.27. The van der Waals surface area contributed by atoms with E-state index in [2.05, 4.69) is 24.1 Å². The van der Waals surface area contributed by atoms with Crippen LogP contribution >= 0.6 is 0 Å². The van der Waals surface area contributed by atoms with E-state index in [-0.39, 0.29) is 5.91 Å². The van der Waals surface area contributed by atoms with Crippen molar-refractivity contribution in [1.82, 2.24) is 10.2 Å². The van der Waals surface area contributed by atoms with E-state index in [9.17, 15) is 4.79 Å². The van der Waals surface area contributed by atoms with Gasteiger partial charge < -0.3 is 19.5 Å². The molecule has 1 aromatic rings. The number of methoxy groups -OCH3 is 2. The molecule has 0 aliphatic carbocycles. The minimum absolute atomic E-state index is 0.0878. The summed E-state index contributed by atoms with van der Waals surface area (Å²) in [5.41, 5.74) is 0.577. The minimum atomic E-state index is -0.0878. The molecule has 26 heavy (non-hydrogen) atoms. The Morgan fingerprint density at radius 2 is 1.81 bits per heavy atom. The maximum atomic E-state index is 12.6. The Labute approximate surface area is 156 Å². The molecular formula is C20H32N2O4. The third kappa shape index (κ3) is 5.11. The van der Waals surface area contributed by atoms with Gasteiger partial charge in [0.1, 0.15) is 0 Å². The van der Waals surface area contributed by atoms with E-state index in [0.29, 0.717) is 35.6 Å². The van der Waals surface area contributed by atoms with Gasteiger partial charge in [-0.25, -0.2) is 0 Å². The van der Waals surface area contributed by atoms with E-state index >= 15 is 0 Å². The van der Waals surface area contributed by atoms with Crippen LogP contribution in [0.15, 0.2) is 18.2 Å². The molecule has 0 aromatic heterocycles. The maximum absolute atomic E-state index is 12.6. The van der Waals surface area contributed by atoms with Gasteiger partial charge in [-0.2, -0.15) is 0 Å². The van der Waals surface area contributed by atoms with Crippen LogP contribution in [0.2, 0.25) is 0 Å². The zero-order valence-corrected chi connectivity index (χ0v) is 16.4. The Balaban J connectivity index is 2.05. The number of hydrogen-bond acceptors (Lipinski definition) is 5. The van der Waals surface area contributed by atoms with E-state index in [1.165, 1.54) is 0 Å². The predicted octanol–water partition coefficient (Wildman–Crippen LogP) is 2.57. The minimum Gasteiger partial charge on any atom is -0.493 e. The molecule has 1 fully saturated rings. The molecule has 1 N–H and O–H groups in total. The van der Waals surface area contributed by atoms with Crippen molar-refractivity contribution in [3.05, 3.63) is 23.8 Å². The highest BCUT2D eigenvalue weighted by molar-refractivity contribution is 5.94. The highest BCUT2D eigenvalue weighted by atomic mass is 16.5. The summed E-state index contributed by atoms with van der Waals surface area (Å²) in [6, 6.07) is 5.57. The third-order valence-corrected chi connectivity index (χ3v) is 5.23. The zero-order chi connectivity index (χ0) is 18.9. The van der Waals surface area contributed by atoms with Crippen LogP contribution in [0.1, 0.15) is 37.0 Å². The maximum Gasteiger partial charge on any atom is 0.251 e. The summed E-state index contributed by atoms with van der Waals surface area (Å²) in [5.74, 6) is 1.64. The molecule has 0 bridgehead atoms. The number of nitrogens with one attached hydrogen (secondary N) is 1. The first kappa shape index (κ1) is 20.5. The Morgan fingerprint density at radius 1 is 1.15 bits per heavy atom. The van der Waals surface area contributed by atoms with Crippen LogP contribution in [0.4, 0.5) is 0 Å². The second-order valence-corrected chi connectivity index (χ2v) is 6.57. The number of amides is 1. The highest BCUT2D eigenvalue weighted by Gasteiger charge is 2.27. The summed E-state index contributed by atoms with van der Waals surface area (Å²) in [6.45, 7) is 8.45. The van der Waals surface area contributed by atoms with Crippen LogP contribution in [0.3, 0.4) is 0 Å². The first-order valence-electron chi connectivity index (χ1n) is 9.46. The molecule has 1 aromatic carbocycles. The Hall–Kier alpha value is -1.79. The van der Waals surface area contributed by atoms with Crippen LogP contribution in [0, 0.1) is 5.92 Å². The van der Waals surface area contributed by atoms with Crippen molar-refractivity contribution in [2.75, 3.05) is 47.1 Å². The van der Waals surface area contributed by atoms with Crippen molar-refractivity contribution in [3.63, 3.8) is 0 Å². The van der Waals surface area contributed by atoms with Gasteiger partial charge in [0.25, 0.3) is 5.91 Å². The number of carbonyl (C=O) groups is 1. The van der Waals surface area contributed by atoms with E-state index in [1.807, 2.05) is 0 Å². The lowest BCUT2D eigenvalue weighted by Gasteiger charge is -2.38. The van der Waals surface area contributed by atoms with E-state index in [1.54, 1.807) is 32.4 Å². The lowest BCUT2D eigenvalue weighted by atomic mass is 9.92. The molecule has 1 amide bonds. The van der Waals surface area contributed by atoms with Gasteiger partial charge >= 0.3 is 0 Å². The number of nitrogens with zero attached hydrogens (tertiary/aromatic N) is 1. The molecule has 1 aliphatic rings. The van der Waals surface area contributed by atoms with Crippen LogP contribution in [0.5, 0.6) is 11.5 Å². The summed E-state index contributed by atoms with van der Waals surface area (Å²) >= 11 is 0. The molecular weight excluding hydrogens is 332 g/mol. The van der Waals surface area contributed by atoms with Gasteiger partial charge in [0, 0.05) is 31.2 Å². The standard InChI is InChI=1S/C20H32N2O4/c1-5-15(6-2)17(22-9-11-26-12-10-22)14-21-20(23)16-7-8-18(24-3)19(13-16)25-4/h7-8,13,15,17H,5-6,9-12,14H2,1-4H3,(H,21,23)/t17-/m0/s1. The van der Waals surface area contributed by atoms with Crippen LogP contribution in [-0.4, -0.2) is 63.9 Å². The SMILES string of the molecule is CCC(CC)[C@H](CNC(=O)c1ccc(OC)c(OC)c1)N1CCOCC1. The molecule has 0 unspecified atom stereocenters. The summed E-state index contributed by atoms with van der Waals surface area (Å²) in [6.07, 6.45) is 2.20. The monoisotopic (exact) mass is 364 g/mol. The van der Waals surface area contributed by atoms with Gasteiger partial charge in [0.2, 0.25) is 0 Å². The summed E-state index contributed by atoms with van der Waals surface area (Å²) in [7, 11) is 3.15. The smallest absolute Gasteiger partial charge is 0.251 e. The number of rotatable bonds is 9. The number of ether oxygens (including phenoxy) is 3. The first-order valence-corrected chi connectivity index (χ1v) is 9.46. The summed E-state index contributed by atoms with van der Waals surface area (Å²) in [4.78, 5) is 15.1. The van der Waals surface area contributed by atoms with Gasteiger partial charge in [-0.1, -0.05) is 26.7 Å². The van der Waals surface area contributed by atoms with Crippen molar-refractivity contribution >= 4 is 5.91 Å². The van der Waals surface area contributed by atoms with Crippen molar-refractivity contribution in [1.29, 1.82) is 0 Å². The van der Waals surface area contributed by atoms with Crippen LogP contribution < -0.4 is 14.8 Å². The molecule has 1 saturated heterocycles. The largest absolute Gasteiger partial charge is 0.493 e. The van der Waals surface area contributed by atoms with Gasteiger partial charge in [-0.05, 0) is 24.1 Å². The van der Waals surface area contributed by atoms with Gasteiger partial charge in [0.05, 0.1) is 27.4 Å². The van der Waals surface area contributed by atoms with Crippen LogP contribution in [0.25, 0.3) is 0 Å². The third-order valence-electron chi connectivity index (χ3n) is 5.23. The van der Waals surface area contributed by atoms with Crippen molar-refractivity contribution in [2.24, 2.45) is 5.92 Å².